The van der Waals surface area contributed by atoms with Gasteiger partial charge in [-0.2, -0.15) is 0 Å². The quantitative estimate of drug-likeness (QED) is 0.441. The third-order valence-corrected chi connectivity index (χ3v) is 3.84. The molecule has 1 aromatic carbocycles. The molecule has 0 fully saturated rings. The summed E-state index contributed by atoms with van der Waals surface area (Å²) in [5.41, 5.74) is 0.670. The predicted octanol–water partition coefficient (Wildman–Crippen LogP) is -1.46. The first kappa shape index (κ1) is 19.2. The normalized spacial score (nSPS) is 10.8. The lowest BCUT2D eigenvalue weighted by Gasteiger charge is -2.32. The molecule has 0 atom stereocenters. The van der Waals surface area contributed by atoms with Crippen LogP contribution in [0.3, 0.4) is 0 Å². The Morgan fingerprint density at radius 3 is 2.40 bits per heavy atom. The molecule has 0 aromatic heterocycles. The maximum Gasteiger partial charge on any atom is 0.224 e. The SMILES string of the molecule is CC[N+](C)(CC)CCNC(=O)Cc1ccccc1O.[I-]. The van der Waals surface area contributed by atoms with Crippen LogP contribution in [0.2, 0.25) is 0 Å². The third kappa shape index (κ3) is 6.09. The van der Waals surface area contributed by atoms with Crippen molar-refractivity contribution in [1.82, 2.24) is 5.32 Å². The Labute approximate surface area is 138 Å². The Morgan fingerprint density at radius 1 is 1.25 bits per heavy atom. The molecule has 0 bridgehead atoms. The number of phenolic OH excluding ortho intramolecular Hbond substituents is 1. The number of quaternary nitrogens is 1. The molecule has 0 aliphatic heterocycles. The number of halogens is 1. The van der Waals surface area contributed by atoms with Crippen molar-refractivity contribution < 1.29 is 38.4 Å². The smallest absolute Gasteiger partial charge is 0.224 e. The molecule has 0 saturated carbocycles. The van der Waals surface area contributed by atoms with Gasteiger partial charge in [-0.25, -0.2) is 0 Å². The highest BCUT2D eigenvalue weighted by atomic mass is 127. The van der Waals surface area contributed by atoms with Gasteiger partial charge in [0.05, 0.1) is 39.6 Å². The summed E-state index contributed by atoms with van der Waals surface area (Å²) in [5, 5.41) is 12.5. The molecule has 1 aromatic rings. The fraction of sp³-hybridized carbons (Fsp3) is 0.533. The van der Waals surface area contributed by atoms with Crippen LogP contribution in [0, 0.1) is 0 Å². The highest BCUT2D eigenvalue weighted by Gasteiger charge is 2.16. The molecule has 20 heavy (non-hydrogen) atoms. The summed E-state index contributed by atoms with van der Waals surface area (Å²) >= 11 is 0. The number of rotatable bonds is 7. The number of nitrogens with one attached hydrogen (secondary N) is 1. The minimum atomic E-state index is -0.0414. The van der Waals surface area contributed by atoms with Crippen molar-refractivity contribution in [3.63, 3.8) is 0 Å². The molecule has 2 N–H and O–H groups in total. The van der Waals surface area contributed by atoms with E-state index < -0.39 is 0 Å². The van der Waals surface area contributed by atoms with E-state index in [2.05, 4.69) is 26.2 Å². The Morgan fingerprint density at radius 2 is 1.85 bits per heavy atom. The van der Waals surface area contributed by atoms with E-state index >= 15 is 0 Å². The molecule has 0 saturated heterocycles. The highest BCUT2D eigenvalue weighted by Crippen LogP contribution is 2.15. The lowest BCUT2D eigenvalue weighted by Crippen LogP contribution is -3.00. The summed E-state index contributed by atoms with van der Waals surface area (Å²) in [6.45, 7) is 8.04. The number of carbonyl (C=O) groups excluding carboxylic acids is 1. The lowest BCUT2D eigenvalue weighted by atomic mass is 10.1. The zero-order chi connectivity index (χ0) is 14.3. The van der Waals surface area contributed by atoms with Crippen molar-refractivity contribution in [2.75, 3.05) is 33.2 Å². The Kier molecular flexibility index (Phi) is 8.80. The van der Waals surface area contributed by atoms with E-state index in [-0.39, 0.29) is 42.1 Å². The second-order valence-corrected chi connectivity index (χ2v) is 5.13. The average molecular weight is 392 g/mol. The van der Waals surface area contributed by atoms with Gasteiger partial charge in [-0.3, -0.25) is 4.79 Å². The minimum absolute atomic E-state index is 0. The van der Waals surface area contributed by atoms with Crippen LogP contribution < -0.4 is 29.3 Å². The van der Waals surface area contributed by atoms with Gasteiger partial charge in [0.2, 0.25) is 5.91 Å². The molecule has 0 radical (unpaired) electrons. The van der Waals surface area contributed by atoms with Crippen molar-refractivity contribution in [3.05, 3.63) is 29.8 Å². The third-order valence-electron chi connectivity index (χ3n) is 3.84. The first-order valence-corrected chi connectivity index (χ1v) is 6.88. The predicted molar refractivity (Wildman–Crippen MR) is 77.0 cm³/mol. The molecule has 0 unspecified atom stereocenters. The molecule has 5 heteroatoms. The molecule has 0 aliphatic rings. The van der Waals surface area contributed by atoms with E-state index in [1.807, 2.05) is 6.07 Å². The molecule has 0 spiro atoms. The molecule has 4 nitrogen and oxygen atoms in total. The summed E-state index contributed by atoms with van der Waals surface area (Å²) in [6.07, 6.45) is 0.231. The van der Waals surface area contributed by atoms with E-state index in [1.165, 1.54) is 0 Å². The van der Waals surface area contributed by atoms with Crippen molar-refractivity contribution >= 4 is 5.91 Å². The first-order chi connectivity index (χ1) is 9.00. The summed E-state index contributed by atoms with van der Waals surface area (Å²) < 4.78 is 0.955. The molecule has 114 valence electrons. The van der Waals surface area contributed by atoms with Gasteiger partial charge in [0.25, 0.3) is 0 Å². The van der Waals surface area contributed by atoms with Crippen molar-refractivity contribution in [2.45, 2.75) is 20.3 Å². The first-order valence-electron chi connectivity index (χ1n) is 6.88. The van der Waals surface area contributed by atoms with E-state index in [9.17, 15) is 9.90 Å². The van der Waals surface area contributed by atoms with Gasteiger partial charge in [0.1, 0.15) is 5.75 Å². The lowest BCUT2D eigenvalue weighted by molar-refractivity contribution is -0.904. The number of phenols is 1. The number of aromatic hydroxyl groups is 1. The van der Waals surface area contributed by atoms with Crippen LogP contribution >= 0.6 is 0 Å². The maximum atomic E-state index is 11.8. The second kappa shape index (κ2) is 9.18. The number of hydrogen-bond donors (Lipinski definition) is 2. The van der Waals surface area contributed by atoms with Crippen LogP contribution in [0.25, 0.3) is 0 Å². The largest absolute Gasteiger partial charge is 1.00 e. The van der Waals surface area contributed by atoms with Gasteiger partial charge < -0.3 is 38.9 Å². The van der Waals surface area contributed by atoms with Crippen LogP contribution in [-0.2, 0) is 11.2 Å². The monoisotopic (exact) mass is 392 g/mol. The fourth-order valence-corrected chi connectivity index (χ4v) is 1.90. The number of likely N-dealkylation sites (N-methyl/N-ethyl adjacent to an activating group) is 1. The van der Waals surface area contributed by atoms with Crippen LogP contribution in [0.1, 0.15) is 19.4 Å². The van der Waals surface area contributed by atoms with Crippen LogP contribution in [0.4, 0.5) is 0 Å². The van der Waals surface area contributed by atoms with Gasteiger partial charge in [0.15, 0.2) is 0 Å². The fourth-order valence-electron chi connectivity index (χ4n) is 1.90. The Balaban J connectivity index is 0.00000361. The number of para-hydroxylation sites is 1. The standard InChI is InChI=1S/C15H24N2O2.HI/c1-4-17(3,5-2)11-10-16-15(19)12-13-8-6-7-9-14(13)18;/h6-9H,4-5,10-12H2,1-3H3,(H-,16,18,19);1H. The van der Waals surface area contributed by atoms with Gasteiger partial charge in [-0.15, -0.1) is 0 Å². The average Bonchev–Trinajstić information content (AvgIpc) is 2.41. The van der Waals surface area contributed by atoms with E-state index in [4.69, 9.17) is 0 Å². The van der Waals surface area contributed by atoms with Gasteiger partial charge >= 0.3 is 0 Å². The minimum Gasteiger partial charge on any atom is -1.00 e. The van der Waals surface area contributed by atoms with E-state index in [0.29, 0.717) is 12.1 Å². The van der Waals surface area contributed by atoms with Crippen LogP contribution in [0.15, 0.2) is 24.3 Å². The number of nitrogens with zero attached hydrogens (tertiary/aromatic N) is 1. The van der Waals surface area contributed by atoms with E-state index in [1.54, 1.807) is 18.2 Å². The zero-order valence-electron chi connectivity index (χ0n) is 12.5. The maximum absolute atomic E-state index is 11.8. The number of benzene rings is 1. The number of carbonyl (C=O) groups is 1. The second-order valence-electron chi connectivity index (χ2n) is 5.13. The molecule has 0 aliphatic carbocycles. The van der Waals surface area contributed by atoms with Crippen LogP contribution in [-0.4, -0.2) is 48.7 Å². The summed E-state index contributed by atoms with van der Waals surface area (Å²) in [5.74, 6) is 0.139. The molecular weight excluding hydrogens is 367 g/mol. The van der Waals surface area contributed by atoms with Gasteiger partial charge in [0, 0.05) is 5.56 Å². The van der Waals surface area contributed by atoms with Crippen molar-refractivity contribution in [2.24, 2.45) is 0 Å². The van der Waals surface area contributed by atoms with Gasteiger partial charge in [-0.05, 0) is 19.9 Å². The van der Waals surface area contributed by atoms with Crippen LogP contribution in [0.5, 0.6) is 5.75 Å². The highest BCUT2D eigenvalue weighted by molar-refractivity contribution is 5.79. The topological polar surface area (TPSA) is 49.3 Å². The molecule has 0 heterocycles. The Hall–Kier alpha value is -0.820. The summed E-state index contributed by atoms with van der Waals surface area (Å²) in [4.78, 5) is 11.8. The van der Waals surface area contributed by atoms with E-state index in [0.717, 1.165) is 24.1 Å². The number of hydrogen-bond acceptors (Lipinski definition) is 2. The molecule has 1 rings (SSSR count). The molecular formula is C15H25IN2O2. The molecule has 1 amide bonds. The summed E-state index contributed by atoms with van der Waals surface area (Å²) in [7, 11) is 2.19. The Bertz CT molecular complexity index is 420. The zero-order valence-corrected chi connectivity index (χ0v) is 14.7. The number of amides is 1. The summed E-state index contributed by atoms with van der Waals surface area (Å²) in [6, 6.07) is 6.95. The van der Waals surface area contributed by atoms with Crippen molar-refractivity contribution in [3.8, 4) is 5.75 Å². The van der Waals surface area contributed by atoms with Crippen molar-refractivity contribution in [1.29, 1.82) is 0 Å². The van der Waals surface area contributed by atoms with Gasteiger partial charge in [-0.1, -0.05) is 18.2 Å².